The van der Waals surface area contributed by atoms with Gasteiger partial charge in [0.05, 0.1) is 0 Å². The van der Waals surface area contributed by atoms with Crippen molar-refractivity contribution in [1.29, 1.82) is 0 Å². The van der Waals surface area contributed by atoms with Crippen molar-refractivity contribution in [2.24, 2.45) is 0 Å². The van der Waals surface area contributed by atoms with Crippen molar-refractivity contribution in [2.75, 3.05) is 6.54 Å². The van der Waals surface area contributed by atoms with E-state index in [0.29, 0.717) is 0 Å². The van der Waals surface area contributed by atoms with Crippen LogP contribution >= 0.6 is 0 Å². The van der Waals surface area contributed by atoms with E-state index in [9.17, 15) is 0 Å². The van der Waals surface area contributed by atoms with Gasteiger partial charge < -0.3 is 4.98 Å². The van der Waals surface area contributed by atoms with Crippen LogP contribution in [0.3, 0.4) is 0 Å². The van der Waals surface area contributed by atoms with Crippen LogP contribution in [0.2, 0.25) is 11.1 Å². The molecule has 0 aliphatic rings. The fourth-order valence-corrected chi connectivity index (χ4v) is 4.75. The fourth-order valence-electron chi connectivity index (χ4n) is 1.58. The lowest BCUT2D eigenvalue weighted by Gasteiger charge is -2.25. The normalized spacial score (nSPS) is 16.9. The molecule has 2 unspecified atom stereocenters. The molecule has 0 aromatic heterocycles. The van der Waals surface area contributed by atoms with Crippen LogP contribution in [0.1, 0.15) is 41.0 Å². The van der Waals surface area contributed by atoms with Crippen molar-refractivity contribution in [3.63, 3.8) is 0 Å². The van der Waals surface area contributed by atoms with Crippen molar-refractivity contribution in [3.05, 3.63) is 0 Å². The molecule has 68 valence electrons. The Labute approximate surface area is 73.3 Å². The summed E-state index contributed by atoms with van der Waals surface area (Å²) in [6.07, 6.45) is 1.34. The Morgan fingerprint density at radius 1 is 1.18 bits per heavy atom. The number of hydrogen-bond donors (Lipinski definition) is 1. The van der Waals surface area contributed by atoms with Crippen LogP contribution in [0.4, 0.5) is 0 Å². The summed E-state index contributed by atoms with van der Waals surface area (Å²) >= 11 is 0. The van der Waals surface area contributed by atoms with Crippen molar-refractivity contribution in [3.8, 4) is 0 Å². The van der Waals surface area contributed by atoms with E-state index in [1.165, 1.54) is 6.42 Å². The van der Waals surface area contributed by atoms with E-state index in [1.807, 2.05) is 0 Å². The molecule has 0 spiro atoms. The highest BCUT2D eigenvalue weighted by atomic mass is 28.3. The minimum absolute atomic E-state index is 0.651. The van der Waals surface area contributed by atoms with Crippen LogP contribution < -0.4 is 4.98 Å². The first kappa shape index (κ1) is 11.2. The van der Waals surface area contributed by atoms with Gasteiger partial charge >= 0.3 is 0 Å². The van der Waals surface area contributed by atoms with Crippen molar-refractivity contribution in [2.45, 2.75) is 52.1 Å². The molecule has 1 N–H and O–H groups in total. The van der Waals surface area contributed by atoms with Gasteiger partial charge in [-0.25, -0.2) is 0 Å². The van der Waals surface area contributed by atoms with E-state index >= 15 is 0 Å². The van der Waals surface area contributed by atoms with Gasteiger partial charge in [-0.2, -0.15) is 0 Å². The minimum Gasteiger partial charge on any atom is -0.339 e. The number of rotatable bonds is 5. The van der Waals surface area contributed by atoms with Crippen LogP contribution in [-0.2, 0) is 0 Å². The molecule has 0 amide bonds. The average Bonchev–Trinajstić information content (AvgIpc) is 1.98. The van der Waals surface area contributed by atoms with Gasteiger partial charge in [0, 0.05) is 0 Å². The molecule has 0 radical (unpaired) electrons. The minimum atomic E-state index is -0.651. The summed E-state index contributed by atoms with van der Waals surface area (Å²) in [4.78, 5) is 3.67. The topological polar surface area (TPSA) is 12.0 Å². The Kier molecular flexibility index (Phi) is 5.87. The molecular formula is C9H23NSi. The van der Waals surface area contributed by atoms with E-state index in [1.54, 1.807) is 0 Å². The van der Waals surface area contributed by atoms with Gasteiger partial charge in [0.1, 0.15) is 8.96 Å². The maximum absolute atomic E-state index is 3.67. The highest BCUT2D eigenvalue weighted by Crippen LogP contribution is 2.20. The van der Waals surface area contributed by atoms with Crippen LogP contribution in [0.5, 0.6) is 0 Å². The molecule has 2 atom stereocenters. The Morgan fingerprint density at radius 3 is 2.00 bits per heavy atom. The van der Waals surface area contributed by atoms with Crippen molar-refractivity contribution < 1.29 is 0 Å². The molecule has 0 aromatic rings. The van der Waals surface area contributed by atoms with Gasteiger partial charge in [-0.05, 0) is 17.6 Å². The predicted molar refractivity (Wildman–Crippen MR) is 55.6 cm³/mol. The summed E-state index contributed by atoms with van der Waals surface area (Å²) in [6.45, 7) is 12.8. The molecule has 0 aliphatic heterocycles. The average molecular weight is 173 g/mol. The second-order valence-electron chi connectivity index (χ2n) is 3.71. The fraction of sp³-hybridized carbons (Fsp3) is 1.00. The largest absolute Gasteiger partial charge is 0.339 e. The lowest BCUT2D eigenvalue weighted by Crippen LogP contribution is -2.39. The molecular weight excluding hydrogens is 150 g/mol. The first-order valence-electron chi connectivity index (χ1n) is 4.86. The van der Waals surface area contributed by atoms with E-state index < -0.39 is 8.96 Å². The molecule has 0 rings (SSSR count). The monoisotopic (exact) mass is 173 g/mol. The Bertz CT molecular complexity index is 93.6. The van der Waals surface area contributed by atoms with E-state index in [4.69, 9.17) is 0 Å². The Balaban J connectivity index is 3.87. The Hall–Kier alpha value is 0.177. The van der Waals surface area contributed by atoms with Gasteiger partial charge in [0.15, 0.2) is 0 Å². The zero-order valence-corrected chi connectivity index (χ0v) is 9.80. The van der Waals surface area contributed by atoms with Crippen LogP contribution in [-0.4, -0.2) is 15.5 Å². The SMILES string of the molecule is CCN[SiH](C(C)C)C(C)CC. The van der Waals surface area contributed by atoms with Crippen molar-refractivity contribution in [1.82, 2.24) is 4.98 Å². The predicted octanol–water partition coefficient (Wildman–Crippen LogP) is 2.53. The lowest BCUT2D eigenvalue weighted by molar-refractivity contribution is 0.780. The highest BCUT2D eigenvalue weighted by molar-refractivity contribution is 6.59. The lowest BCUT2D eigenvalue weighted by atomic mass is 10.4. The summed E-state index contributed by atoms with van der Waals surface area (Å²) in [7, 11) is -0.651. The molecule has 0 aromatic carbocycles. The van der Waals surface area contributed by atoms with Crippen LogP contribution in [0, 0.1) is 0 Å². The smallest absolute Gasteiger partial charge is 0.114 e. The zero-order chi connectivity index (χ0) is 8.85. The molecule has 2 heteroatoms. The summed E-state index contributed by atoms with van der Waals surface area (Å²) < 4.78 is 0. The van der Waals surface area contributed by atoms with Crippen molar-refractivity contribution >= 4 is 8.96 Å². The summed E-state index contributed by atoms with van der Waals surface area (Å²) in [6, 6.07) is 0. The molecule has 0 saturated heterocycles. The second-order valence-corrected chi connectivity index (χ2v) is 7.64. The van der Waals surface area contributed by atoms with Gasteiger partial charge in [0.25, 0.3) is 0 Å². The maximum atomic E-state index is 3.67. The highest BCUT2D eigenvalue weighted by Gasteiger charge is 2.19. The quantitative estimate of drug-likeness (QED) is 0.630. The molecule has 0 bridgehead atoms. The number of nitrogens with one attached hydrogen (secondary N) is 1. The Morgan fingerprint density at radius 2 is 1.73 bits per heavy atom. The first-order chi connectivity index (χ1) is 5.13. The van der Waals surface area contributed by atoms with Crippen LogP contribution in [0.15, 0.2) is 0 Å². The third-order valence-electron chi connectivity index (χ3n) is 2.42. The summed E-state index contributed by atoms with van der Waals surface area (Å²) in [5.74, 6) is 0. The first-order valence-corrected chi connectivity index (χ1v) is 6.77. The van der Waals surface area contributed by atoms with Gasteiger partial charge in [0.2, 0.25) is 0 Å². The molecule has 11 heavy (non-hydrogen) atoms. The standard InChI is InChI=1S/C9H23NSi/c1-6-9(5)11(8(3)4)10-7-2/h8-11H,6-7H2,1-5H3. The molecule has 0 heterocycles. The van der Waals surface area contributed by atoms with Gasteiger partial charge in [-0.15, -0.1) is 0 Å². The molecule has 0 fully saturated rings. The second kappa shape index (κ2) is 5.78. The molecule has 1 nitrogen and oxygen atoms in total. The summed E-state index contributed by atoms with van der Waals surface area (Å²) in [5.41, 5.74) is 1.83. The zero-order valence-electron chi connectivity index (χ0n) is 8.65. The maximum Gasteiger partial charge on any atom is 0.114 e. The van der Waals surface area contributed by atoms with E-state index in [0.717, 1.165) is 17.6 Å². The van der Waals surface area contributed by atoms with Crippen LogP contribution in [0.25, 0.3) is 0 Å². The van der Waals surface area contributed by atoms with Gasteiger partial charge in [-0.1, -0.05) is 41.0 Å². The third kappa shape index (κ3) is 3.92. The summed E-state index contributed by atoms with van der Waals surface area (Å²) in [5, 5.41) is 0. The van der Waals surface area contributed by atoms with E-state index in [-0.39, 0.29) is 0 Å². The van der Waals surface area contributed by atoms with Gasteiger partial charge in [-0.3, -0.25) is 0 Å². The molecule has 0 aliphatic carbocycles. The third-order valence-corrected chi connectivity index (χ3v) is 6.43. The molecule has 0 saturated carbocycles. The number of hydrogen-bond acceptors (Lipinski definition) is 1. The van der Waals surface area contributed by atoms with E-state index in [2.05, 4.69) is 39.6 Å².